The number of aliphatic carboxylic acids is 1. The minimum atomic E-state index is -0.994. The summed E-state index contributed by atoms with van der Waals surface area (Å²) >= 11 is 6.51. The summed E-state index contributed by atoms with van der Waals surface area (Å²) in [4.78, 5) is 21.9. The number of Topliss-reactive ketones (excluding diaryl/α,β-unsaturated/α-hetero) is 1. The second-order valence-corrected chi connectivity index (χ2v) is 5.81. The number of aryl methyl sites for hydroxylation is 2. The number of carboxylic acids is 1. The summed E-state index contributed by atoms with van der Waals surface area (Å²) < 4.78 is 0.941. The van der Waals surface area contributed by atoms with Gasteiger partial charge in [-0.25, -0.2) is 0 Å². The minimum absolute atomic E-state index is 0.194. The highest BCUT2D eigenvalue weighted by Crippen LogP contribution is 2.24. The number of carbonyl (C=O) groups excluding carboxylic acids is 1. The summed E-state index contributed by atoms with van der Waals surface area (Å²) in [5, 5.41) is 8.66. The first-order chi connectivity index (χ1) is 7.82. The molecule has 0 aliphatic rings. The van der Waals surface area contributed by atoms with Crippen LogP contribution in [0.25, 0.3) is 0 Å². The van der Waals surface area contributed by atoms with Gasteiger partial charge in [0.05, 0.1) is 11.2 Å². The van der Waals surface area contributed by atoms with Crippen LogP contribution in [0, 0.1) is 13.8 Å². The van der Waals surface area contributed by atoms with Gasteiger partial charge in [0.2, 0.25) is 0 Å². The summed E-state index contributed by atoms with van der Waals surface area (Å²) in [6.07, 6.45) is -0.215. The molecule has 1 aromatic carbocycles. The van der Waals surface area contributed by atoms with Gasteiger partial charge in [0.15, 0.2) is 5.78 Å². The molecule has 0 aliphatic heterocycles. The number of ketones is 1. The van der Waals surface area contributed by atoms with Crippen LogP contribution >= 0.6 is 31.9 Å². The van der Waals surface area contributed by atoms with Crippen LogP contribution in [0.1, 0.15) is 27.9 Å². The quantitative estimate of drug-likeness (QED) is 0.658. The Kier molecular flexibility index (Phi) is 4.89. The molecule has 0 aromatic heterocycles. The SMILES string of the molecule is Cc1cc(C(=O)C(Br)CC(=O)O)c(C)cc1Br. The standard InChI is InChI=1S/C12H12Br2O3/c1-6-4-9(13)7(2)3-8(6)12(17)10(14)5-11(15)16/h3-4,10H,5H2,1-2H3,(H,15,16). The number of rotatable bonds is 4. The van der Waals surface area contributed by atoms with Crippen LogP contribution in [0.15, 0.2) is 16.6 Å². The fourth-order valence-corrected chi connectivity index (χ4v) is 2.44. The summed E-state index contributed by atoms with van der Waals surface area (Å²) in [5.74, 6) is -1.19. The van der Waals surface area contributed by atoms with Crippen LogP contribution < -0.4 is 0 Å². The third-order valence-corrected chi connectivity index (χ3v) is 4.00. The number of carbonyl (C=O) groups is 2. The van der Waals surface area contributed by atoms with Crippen LogP contribution in [-0.4, -0.2) is 21.7 Å². The van der Waals surface area contributed by atoms with Crippen LogP contribution in [0.2, 0.25) is 0 Å². The van der Waals surface area contributed by atoms with Gasteiger partial charge in [-0.15, -0.1) is 0 Å². The Hall–Kier alpha value is -0.680. The lowest BCUT2D eigenvalue weighted by Crippen LogP contribution is -2.19. The van der Waals surface area contributed by atoms with E-state index < -0.39 is 10.8 Å². The van der Waals surface area contributed by atoms with E-state index in [1.165, 1.54) is 0 Å². The first-order valence-corrected chi connectivity index (χ1v) is 6.70. The fourth-order valence-electron chi connectivity index (χ4n) is 1.46. The van der Waals surface area contributed by atoms with Crippen molar-refractivity contribution in [2.45, 2.75) is 25.1 Å². The lowest BCUT2D eigenvalue weighted by Gasteiger charge is -2.11. The molecular weight excluding hydrogens is 352 g/mol. The fraction of sp³-hybridized carbons (Fsp3) is 0.333. The van der Waals surface area contributed by atoms with E-state index in [1.807, 2.05) is 19.9 Å². The van der Waals surface area contributed by atoms with Crippen molar-refractivity contribution in [3.63, 3.8) is 0 Å². The van der Waals surface area contributed by atoms with Gasteiger partial charge in [0, 0.05) is 10.0 Å². The van der Waals surface area contributed by atoms with Crippen molar-refractivity contribution in [1.29, 1.82) is 0 Å². The molecular formula is C12H12Br2O3. The van der Waals surface area contributed by atoms with Gasteiger partial charge in [-0.3, -0.25) is 9.59 Å². The van der Waals surface area contributed by atoms with Crippen LogP contribution in [0.3, 0.4) is 0 Å². The van der Waals surface area contributed by atoms with Crippen LogP contribution in [-0.2, 0) is 4.79 Å². The largest absolute Gasteiger partial charge is 0.481 e. The molecule has 0 amide bonds. The van der Waals surface area contributed by atoms with Gasteiger partial charge >= 0.3 is 5.97 Å². The molecule has 0 aliphatic carbocycles. The average Bonchev–Trinajstić information content (AvgIpc) is 2.21. The molecule has 5 heteroatoms. The number of benzene rings is 1. The molecule has 0 heterocycles. The van der Waals surface area contributed by atoms with E-state index in [0.29, 0.717) is 5.56 Å². The Bertz CT molecular complexity index is 469. The Labute approximate surface area is 116 Å². The van der Waals surface area contributed by atoms with Gasteiger partial charge in [0.1, 0.15) is 0 Å². The molecule has 0 saturated carbocycles. The summed E-state index contributed by atoms with van der Waals surface area (Å²) in [6.45, 7) is 3.72. The molecule has 0 spiro atoms. The van der Waals surface area contributed by atoms with Gasteiger partial charge in [-0.2, -0.15) is 0 Å². The predicted octanol–water partition coefficient (Wildman–Crippen LogP) is 3.49. The Morgan fingerprint density at radius 2 is 1.88 bits per heavy atom. The van der Waals surface area contributed by atoms with Crippen molar-refractivity contribution < 1.29 is 14.7 Å². The highest BCUT2D eigenvalue weighted by atomic mass is 79.9. The van der Waals surface area contributed by atoms with Crippen molar-refractivity contribution >= 4 is 43.6 Å². The Balaban J connectivity index is 3.04. The number of alkyl halides is 1. The molecule has 1 N–H and O–H groups in total. The third-order valence-electron chi connectivity index (χ3n) is 2.41. The van der Waals surface area contributed by atoms with Crippen molar-refractivity contribution in [3.8, 4) is 0 Å². The Morgan fingerprint density at radius 3 is 2.41 bits per heavy atom. The lowest BCUT2D eigenvalue weighted by atomic mass is 9.99. The first kappa shape index (κ1) is 14.4. The highest BCUT2D eigenvalue weighted by Gasteiger charge is 2.21. The van der Waals surface area contributed by atoms with Crippen LogP contribution in [0.5, 0.6) is 0 Å². The van der Waals surface area contributed by atoms with Gasteiger partial charge < -0.3 is 5.11 Å². The lowest BCUT2D eigenvalue weighted by molar-refractivity contribution is -0.136. The van der Waals surface area contributed by atoms with E-state index in [0.717, 1.165) is 15.6 Å². The van der Waals surface area contributed by atoms with Gasteiger partial charge in [-0.1, -0.05) is 31.9 Å². The normalized spacial score (nSPS) is 12.2. The zero-order valence-corrected chi connectivity index (χ0v) is 12.6. The summed E-state index contributed by atoms with van der Waals surface area (Å²) in [5.41, 5.74) is 2.35. The number of carboxylic acid groups (broad SMARTS) is 1. The molecule has 3 nitrogen and oxygen atoms in total. The highest BCUT2D eigenvalue weighted by molar-refractivity contribution is 9.10. The van der Waals surface area contributed by atoms with E-state index in [9.17, 15) is 9.59 Å². The van der Waals surface area contributed by atoms with E-state index in [2.05, 4.69) is 31.9 Å². The topological polar surface area (TPSA) is 54.4 Å². The number of halogens is 2. The Morgan fingerprint density at radius 1 is 1.29 bits per heavy atom. The first-order valence-electron chi connectivity index (χ1n) is 4.99. The second-order valence-electron chi connectivity index (χ2n) is 3.85. The van der Waals surface area contributed by atoms with E-state index in [4.69, 9.17) is 5.11 Å². The smallest absolute Gasteiger partial charge is 0.304 e. The van der Waals surface area contributed by atoms with Crippen molar-refractivity contribution in [1.82, 2.24) is 0 Å². The molecule has 1 atom stereocenters. The summed E-state index contributed by atoms with van der Waals surface area (Å²) in [7, 11) is 0. The molecule has 1 aromatic rings. The average molecular weight is 364 g/mol. The third kappa shape index (κ3) is 3.64. The maximum Gasteiger partial charge on any atom is 0.304 e. The molecule has 92 valence electrons. The van der Waals surface area contributed by atoms with Crippen molar-refractivity contribution in [3.05, 3.63) is 33.3 Å². The van der Waals surface area contributed by atoms with E-state index in [1.54, 1.807) is 6.07 Å². The van der Waals surface area contributed by atoms with Gasteiger partial charge in [0.25, 0.3) is 0 Å². The second kappa shape index (κ2) is 5.78. The van der Waals surface area contributed by atoms with E-state index >= 15 is 0 Å². The molecule has 0 fully saturated rings. The molecule has 1 rings (SSSR count). The van der Waals surface area contributed by atoms with Crippen molar-refractivity contribution in [2.75, 3.05) is 0 Å². The number of hydrogen-bond acceptors (Lipinski definition) is 2. The summed E-state index contributed by atoms with van der Waals surface area (Å²) in [6, 6.07) is 3.64. The molecule has 0 saturated heterocycles. The molecule has 0 bridgehead atoms. The van der Waals surface area contributed by atoms with E-state index in [-0.39, 0.29) is 12.2 Å². The molecule has 17 heavy (non-hydrogen) atoms. The zero-order chi connectivity index (χ0) is 13.2. The maximum absolute atomic E-state index is 12.0. The molecule has 0 radical (unpaired) electrons. The van der Waals surface area contributed by atoms with Crippen LogP contribution in [0.4, 0.5) is 0 Å². The monoisotopic (exact) mass is 362 g/mol. The van der Waals surface area contributed by atoms with Crippen molar-refractivity contribution in [2.24, 2.45) is 0 Å². The molecule has 1 unspecified atom stereocenters. The minimum Gasteiger partial charge on any atom is -0.481 e. The van der Waals surface area contributed by atoms with Gasteiger partial charge in [-0.05, 0) is 37.1 Å². The zero-order valence-electron chi connectivity index (χ0n) is 9.46. The predicted molar refractivity (Wildman–Crippen MR) is 72.9 cm³/mol. The number of hydrogen-bond donors (Lipinski definition) is 1. The maximum atomic E-state index is 12.0.